The number of nitrogens with zero attached hydrogens (tertiary/aromatic N) is 1. The maximum absolute atomic E-state index is 12.6. The molecule has 4 nitrogen and oxygen atoms in total. The summed E-state index contributed by atoms with van der Waals surface area (Å²) in [6.07, 6.45) is -3.74. The van der Waals surface area contributed by atoms with Crippen molar-refractivity contribution in [3.8, 4) is 11.6 Å². The van der Waals surface area contributed by atoms with E-state index in [1.54, 1.807) is 44.2 Å². The lowest BCUT2D eigenvalue weighted by atomic mass is 10.1. The Labute approximate surface area is 171 Å². The van der Waals surface area contributed by atoms with Gasteiger partial charge in [0.05, 0.1) is 11.6 Å². The van der Waals surface area contributed by atoms with Crippen molar-refractivity contribution < 1.29 is 27.4 Å². The van der Waals surface area contributed by atoms with Gasteiger partial charge in [0.1, 0.15) is 17.4 Å². The zero-order valence-corrected chi connectivity index (χ0v) is 16.5. The fourth-order valence-electron chi connectivity index (χ4n) is 3.13. The zero-order valence-electron chi connectivity index (χ0n) is 15.7. The zero-order chi connectivity index (χ0) is 21.2. The van der Waals surface area contributed by atoms with Crippen LogP contribution in [0.25, 0.3) is 0 Å². The Balaban J connectivity index is 1.60. The monoisotopic (exact) mass is 425 g/mol. The molecule has 1 aromatic heterocycles. The summed E-state index contributed by atoms with van der Waals surface area (Å²) < 4.78 is 48.8. The quantitative estimate of drug-likeness (QED) is 0.543. The van der Waals surface area contributed by atoms with Gasteiger partial charge in [0.25, 0.3) is 0 Å². The van der Waals surface area contributed by atoms with Gasteiger partial charge >= 0.3 is 12.1 Å². The second kappa shape index (κ2) is 8.06. The number of para-hydroxylation sites is 1. The highest BCUT2D eigenvalue weighted by Crippen LogP contribution is 2.60. The molecule has 0 radical (unpaired) electrons. The summed E-state index contributed by atoms with van der Waals surface area (Å²) in [6.45, 7) is 3.29. The Bertz CT molecular complexity index is 913. The van der Waals surface area contributed by atoms with Crippen LogP contribution in [0.4, 0.5) is 13.2 Å². The van der Waals surface area contributed by atoms with E-state index in [1.807, 2.05) is 18.2 Å². The summed E-state index contributed by atoms with van der Waals surface area (Å²) >= 11 is 5.31. The number of benzene rings is 1. The fraction of sp³-hybridized carbons (Fsp3) is 0.333. The molecule has 8 heteroatoms. The lowest BCUT2D eigenvalue weighted by Crippen LogP contribution is -2.11. The second-order valence-corrected chi connectivity index (χ2v) is 7.73. The van der Waals surface area contributed by atoms with Crippen molar-refractivity contribution in [3.05, 3.63) is 65.3 Å². The van der Waals surface area contributed by atoms with Crippen LogP contribution in [0.2, 0.25) is 0 Å². The number of hydrogen-bond donors (Lipinski definition) is 0. The minimum atomic E-state index is -4.63. The van der Waals surface area contributed by atoms with Crippen LogP contribution in [0, 0.1) is 17.3 Å². The van der Waals surface area contributed by atoms with E-state index in [-0.39, 0.29) is 6.61 Å². The van der Waals surface area contributed by atoms with Crippen molar-refractivity contribution in [1.29, 1.82) is 0 Å². The number of hydrogen-bond acceptors (Lipinski definition) is 4. The highest BCUT2D eigenvalue weighted by molar-refractivity contribution is 6.30. The van der Waals surface area contributed by atoms with E-state index in [1.165, 1.54) is 0 Å². The molecule has 0 saturated heterocycles. The lowest BCUT2D eigenvalue weighted by molar-refractivity contribution is -0.147. The van der Waals surface area contributed by atoms with E-state index in [0.29, 0.717) is 17.3 Å². The van der Waals surface area contributed by atoms with Gasteiger partial charge in [-0.15, -0.1) is 0 Å². The number of carbonyl (C=O) groups is 1. The molecule has 0 spiro atoms. The molecule has 0 amide bonds. The average molecular weight is 426 g/mol. The molecule has 2 atom stereocenters. The van der Waals surface area contributed by atoms with Crippen molar-refractivity contribution in [2.45, 2.75) is 26.6 Å². The number of rotatable bonds is 6. The molecule has 1 aliphatic rings. The Morgan fingerprint density at radius 2 is 1.86 bits per heavy atom. The third-order valence-electron chi connectivity index (χ3n) is 4.87. The first-order valence-corrected chi connectivity index (χ1v) is 9.27. The molecular weight excluding hydrogens is 407 g/mol. The molecule has 2 aromatic rings. The summed E-state index contributed by atoms with van der Waals surface area (Å²) in [5, 5.41) is -1.22. The Morgan fingerprint density at radius 1 is 1.17 bits per heavy atom. The molecule has 0 aliphatic heterocycles. The number of carbonyl (C=O) groups excluding carboxylic acids is 1. The first-order valence-electron chi connectivity index (χ1n) is 8.89. The Kier molecular flexibility index (Phi) is 5.89. The molecule has 29 heavy (non-hydrogen) atoms. The van der Waals surface area contributed by atoms with Crippen molar-refractivity contribution in [2.75, 3.05) is 0 Å². The third-order valence-corrected chi connectivity index (χ3v) is 5.21. The molecular formula is C21H19ClF3NO3. The van der Waals surface area contributed by atoms with Gasteiger partial charge in [-0.2, -0.15) is 13.2 Å². The summed E-state index contributed by atoms with van der Waals surface area (Å²) in [5.74, 6) is -0.953. The predicted molar refractivity (Wildman–Crippen MR) is 101 cm³/mol. The summed E-state index contributed by atoms with van der Waals surface area (Å²) in [7, 11) is 0. The van der Waals surface area contributed by atoms with Gasteiger partial charge in [0, 0.05) is 6.07 Å². The summed E-state index contributed by atoms with van der Waals surface area (Å²) in [6, 6.07) is 14.1. The lowest BCUT2D eigenvalue weighted by Gasteiger charge is -2.08. The molecule has 1 fully saturated rings. The number of alkyl halides is 3. The first kappa shape index (κ1) is 21.2. The highest BCUT2D eigenvalue weighted by Gasteiger charge is 2.62. The van der Waals surface area contributed by atoms with Crippen LogP contribution in [0.3, 0.4) is 0 Å². The van der Waals surface area contributed by atoms with Crippen LogP contribution in [0.5, 0.6) is 11.6 Å². The van der Waals surface area contributed by atoms with E-state index in [0.717, 1.165) is 6.08 Å². The number of esters is 1. The van der Waals surface area contributed by atoms with Gasteiger partial charge < -0.3 is 9.47 Å². The topological polar surface area (TPSA) is 48.4 Å². The van der Waals surface area contributed by atoms with E-state index >= 15 is 0 Å². The van der Waals surface area contributed by atoms with Crippen molar-refractivity contribution >= 4 is 17.6 Å². The SMILES string of the molecule is CC1(C)[C@@H](/C=C(\Cl)C(F)(F)F)[C@@H]1C(=O)OCc1cccc(Oc2ccccc2)n1. The van der Waals surface area contributed by atoms with Gasteiger partial charge in [-0.3, -0.25) is 4.79 Å². The van der Waals surface area contributed by atoms with Crippen molar-refractivity contribution in [2.24, 2.45) is 17.3 Å². The molecule has 1 aliphatic carbocycles. The number of ether oxygens (including phenoxy) is 2. The Hall–Kier alpha value is -2.54. The maximum Gasteiger partial charge on any atom is 0.426 e. The van der Waals surface area contributed by atoms with Crippen LogP contribution in [-0.4, -0.2) is 17.1 Å². The average Bonchev–Trinajstić information content (AvgIpc) is 3.20. The molecule has 0 N–H and O–H groups in total. The van der Waals surface area contributed by atoms with Crippen LogP contribution in [-0.2, 0) is 16.1 Å². The number of allylic oxidation sites excluding steroid dienone is 2. The second-order valence-electron chi connectivity index (χ2n) is 7.33. The minimum absolute atomic E-state index is 0.110. The molecule has 1 aromatic carbocycles. The van der Waals surface area contributed by atoms with Gasteiger partial charge in [0.15, 0.2) is 0 Å². The maximum atomic E-state index is 12.6. The van der Waals surface area contributed by atoms with E-state index < -0.39 is 34.4 Å². The number of halogens is 4. The van der Waals surface area contributed by atoms with Gasteiger partial charge in [-0.1, -0.05) is 55.8 Å². The first-order chi connectivity index (χ1) is 13.6. The molecule has 154 valence electrons. The summed E-state index contributed by atoms with van der Waals surface area (Å²) in [5.41, 5.74) is -0.195. The molecule has 0 bridgehead atoms. The largest absolute Gasteiger partial charge is 0.459 e. The standard InChI is InChI=1S/C21H19ClF3NO3/c1-20(2)15(11-16(22)21(23,24)25)18(20)19(27)28-12-13-7-6-10-17(26-13)29-14-8-4-3-5-9-14/h3-11,15,18H,12H2,1-2H3/b16-11-/t15-,18+/m0/s1. The molecule has 0 unspecified atom stereocenters. The van der Waals surface area contributed by atoms with Crippen LogP contribution in [0.15, 0.2) is 59.6 Å². The molecule has 1 saturated carbocycles. The van der Waals surface area contributed by atoms with E-state index in [2.05, 4.69) is 4.98 Å². The van der Waals surface area contributed by atoms with Gasteiger partial charge in [-0.05, 0) is 29.5 Å². The number of pyridine rings is 1. The smallest absolute Gasteiger partial charge is 0.426 e. The van der Waals surface area contributed by atoms with Crippen LogP contribution in [0.1, 0.15) is 19.5 Å². The normalized spacial score (nSPS) is 20.8. The van der Waals surface area contributed by atoms with E-state index in [4.69, 9.17) is 21.1 Å². The van der Waals surface area contributed by atoms with Gasteiger partial charge in [-0.25, -0.2) is 4.98 Å². The molecule has 1 heterocycles. The fourth-order valence-corrected chi connectivity index (χ4v) is 3.27. The predicted octanol–water partition coefficient (Wildman–Crippen LogP) is 5.87. The third kappa shape index (κ3) is 5.09. The van der Waals surface area contributed by atoms with Crippen LogP contribution >= 0.6 is 11.6 Å². The minimum Gasteiger partial charge on any atom is -0.459 e. The van der Waals surface area contributed by atoms with Crippen molar-refractivity contribution in [3.63, 3.8) is 0 Å². The van der Waals surface area contributed by atoms with E-state index in [9.17, 15) is 18.0 Å². The Morgan fingerprint density at radius 3 is 2.52 bits per heavy atom. The van der Waals surface area contributed by atoms with Crippen molar-refractivity contribution in [1.82, 2.24) is 4.98 Å². The molecule has 3 rings (SSSR count). The van der Waals surface area contributed by atoms with Crippen LogP contribution < -0.4 is 4.74 Å². The highest BCUT2D eigenvalue weighted by atomic mass is 35.5. The summed E-state index contributed by atoms with van der Waals surface area (Å²) in [4.78, 5) is 16.7. The number of aromatic nitrogens is 1. The van der Waals surface area contributed by atoms with Gasteiger partial charge in [0.2, 0.25) is 5.88 Å².